The van der Waals surface area contributed by atoms with Crippen molar-refractivity contribution >= 4 is 12.2 Å². The second kappa shape index (κ2) is 6.56. The fourth-order valence-corrected chi connectivity index (χ4v) is 0.717. The Hall–Kier alpha value is -0.940. The SMILES string of the molecule is CC(CO)C(O)C(=O)NCCC=O. The average molecular weight is 189 g/mol. The smallest absolute Gasteiger partial charge is 0.249 e. The zero-order chi connectivity index (χ0) is 10.3. The van der Waals surface area contributed by atoms with Gasteiger partial charge in [-0.2, -0.15) is 0 Å². The molecular weight excluding hydrogens is 174 g/mol. The average Bonchev–Trinajstić information content (AvgIpc) is 2.15. The number of hydrogen-bond donors (Lipinski definition) is 3. The number of aldehydes is 1. The molecule has 0 saturated heterocycles. The van der Waals surface area contributed by atoms with Crippen LogP contribution in [0.2, 0.25) is 0 Å². The molecule has 0 saturated carbocycles. The van der Waals surface area contributed by atoms with E-state index in [1.807, 2.05) is 0 Å². The van der Waals surface area contributed by atoms with Gasteiger partial charge in [-0.15, -0.1) is 0 Å². The third-order valence-corrected chi connectivity index (χ3v) is 1.66. The first-order chi connectivity index (χ1) is 6.13. The van der Waals surface area contributed by atoms with Gasteiger partial charge in [-0.25, -0.2) is 0 Å². The molecule has 0 heterocycles. The highest BCUT2D eigenvalue weighted by atomic mass is 16.3. The van der Waals surface area contributed by atoms with Gasteiger partial charge in [0.1, 0.15) is 12.4 Å². The molecule has 0 bridgehead atoms. The van der Waals surface area contributed by atoms with Crippen molar-refractivity contribution in [1.82, 2.24) is 5.32 Å². The summed E-state index contributed by atoms with van der Waals surface area (Å²) in [5, 5.41) is 20.2. The van der Waals surface area contributed by atoms with Crippen LogP contribution in [0.15, 0.2) is 0 Å². The maximum Gasteiger partial charge on any atom is 0.249 e. The Labute approximate surface area is 76.8 Å². The molecule has 2 unspecified atom stereocenters. The van der Waals surface area contributed by atoms with Gasteiger partial charge in [0.05, 0.1) is 0 Å². The number of aliphatic hydroxyl groups excluding tert-OH is 2. The van der Waals surface area contributed by atoms with Gasteiger partial charge in [0.25, 0.3) is 0 Å². The van der Waals surface area contributed by atoms with Crippen molar-refractivity contribution in [2.24, 2.45) is 5.92 Å². The summed E-state index contributed by atoms with van der Waals surface area (Å²) < 4.78 is 0. The van der Waals surface area contributed by atoms with Crippen molar-refractivity contribution < 1.29 is 19.8 Å². The number of carbonyl (C=O) groups excluding carboxylic acids is 2. The second-order valence-electron chi connectivity index (χ2n) is 2.85. The summed E-state index contributed by atoms with van der Waals surface area (Å²) >= 11 is 0. The van der Waals surface area contributed by atoms with E-state index in [1.54, 1.807) is 6.92 Å². The molecule has 5 heteroatoms. The van der Waals surface area contributed by atoms with Gasteiger partial charge in [0.2, 0.25) is 5.91 Å². The molecule has 5 nitrogen and oxygen atoms in total. The lowest BCUT2D eigenvalue weighted by Crippen LogP contribution is -2.40. The minimum atomic E-state index is -1.21. The van der Waals surface area contributed by atoms with Gasteiger partial charge in [-0.1, -0.05) is 6.92 Å². The molecule has 0 aliphatic rings. The molecule has 0 aliphatic heterocycles. The lowest BCUT2D eigenvalue weighted by atomic mass is 10.1. The van der Waals surface area contributed by atoms with Crippen molar-refractivity contribution in [1.29, 1.82) is 0 Å². The second-order valence-corrected chi connectivity index (χ2v) is 2.85. The van der Waals surface area contributed by atoms with Crippen LogP contribution in [0.1, 0.15) is 13.3 Å². The Kier molecular flexibility index (Phi) is 6.09. The maximum atomic E-state index is 11.0. The third-order valence-electron chi connectivity index (χ3n) is 1.66. The predicted octanol–water partition coefficient (Wildman–Crippen LogP) is -1.32. The minimum Gasteiger partial charge on any atom is -0.396 e. The highest BCUT2D eigenvalue weighted by Crippen LogP contribution is 2.00. The monoisotopic (exact) mass is 189 g/mol. The molecule has 0 aromatic heterocycles. The number of rotatable bonds is 6. The first-order valence-corrected chi connectivity index (χ1v) is 4.13. The number of aliphatic hydroxyl groups is 2. The lowest BCUT2D eigenvalue weighted by molar-refractivity contribution is -0.132. The van der Waals surface area contributed by atoms with E-state index in [0.717, 1.165) is 0 Å². The van der Waals surface area contributed by atoms with Gasteiger partial charge in [0, 0.05) is 25.5 Å². The van der Waals surface area contributed by atoms with Gasteiger partial charge in [0.15, 0.2) is 0 Å². The van der Waals surface area contributed by atoms with Gasteiger partial charge in [-0.05, 0) is 0 Å². The largest absolute Gasteiger partial charge is 0.396 e. The number of carbonyl (C=O) groups is 2. The quantitative estimate of drug-likeness (QED) is 0.357. The van der Waals surface area contributed by atoms with Gasteiger partial charge in [-0.3, -0.25) is 4.79 Å². The Balaban J connectivity index is 3.75. The number of nitrogens with one attached hydrogen (secondary N) is 1. The Morgan fingerprint density at radius 3 is 2.69 bits per heavy atom. The Bertz CT molecular complexity index is 172. The third kappa shape index (κ3) is 4.59. The summed E-state index contributed by atoms with van der Waals surface area (Å²) in [6.07, 6.45) is -0.301. The summed E-state index contributed by atoms with van der Waals surface area (Å²) in [5.41, 5.74) is 0. The fourth-order valence-electron chi connectivity index (χ4n) is 0.717. The molecular formula is C8H15NO4. The van der Waals surface area contributed by atoms with Crippen LogP contribution in [0.5, 0.6) is 0 Å². The molecule has 0 aromatic rings. The summed E-state index contributed by atoms with van der Waals surface area (Å²) in [6.45, 7) is 1.53. The van der Waals surface area contributed by atoms with E-state index in [9.17, 15) is 14.7 Å². The summed E-state index contributed by atoms with van der Waals surface area (Å²) in [5.74, 6) is -1.04. The maximum absolute atomic E-state index is 11.0. The molecule has 76 valence electrons. The standard InChI is InChI=1S/C8H15NO4/c1-6(5-11)7(12)8(13)9-3-2-4-10/h4,6-7,11-12H,2-3,5H2,1H3,(H,9,13). The molecule has 2 atom stereocenters. The van der Waals surface area contributed by atoms with Crippen molar-refractivity contribution in [2.45, 2.75) is 19.4 Å². The molecule has 1 amide bonds. The number of amides is 1. The zero-order valence-electron chi connectivity index (χ0n) is 7.56. The minimum absolute atomic E-state index is 0.220. The van der Waals surface area contributed by atoms with E-state index in [-0.39, 0.29) is 19.6 Å². The molecule has 0 aromatic carbocycles. The molecule has 0 spiro atoms. The number of hydrogen-bond acceptors (Lipinski definition) is 4. The van der Waals surface area contributed by atoms with E-state index in [4.69, 9.17) is 5.11 Å². The zero-order valence-corrected chi connectivity index (χ0v) is 7.56. The highest BCUT2D eigenvalue weighted by Gasteiger charge is 2.20. The predicted molar refractivity (Wildman–Crippen MR) is 45.9 cm³/mol. The summed E-state index contributed by atoms with van der Waals surface area (Å²) in [4.78, 5) is 20.9. The van der Waals surface area contributed by atoms with Crippen LogP contribution >= 0.6 is 0 Å². The lowest BCUT2D eigenvalue weighted by Gasteiger charge is -2.15. The van der Waals surface area contributed by atoms with Crippen LogP contribution in [0, 0.1) is 5.92 Å². The first kappa shape index (κ1) is 12.1. The van der Waals surface area contributed by atoms with Crippen LogP contribution in [0.25, 0.3) is 0 Å². The topological polar surface area (TPSA) is 86.6 Å². The fraction of sp³-hybridized carbons (Fsp3) is 0.750. The normalized spacial score (nSPS) is 14.7. The van der Waals surface area contributed by atoms with Crippen LogP contribution < -0.4 is 5.32 Å². The summed E-state index contributed by atoms with van der Waals surface area (Å²) in [6, 6.07) is 0. The molecule has 0 fully saturated rings. The van der Waals surface area contributed by atoms with Crippen molar-refractivity contribution in [3.63, 3.8) is 0 Å². The van der Waals surface area contributed by atoms with Crippen LogP contribution in [-0.2, 0) is 9.59 Å². The Morgan fingerprint density at radius 1 is 1.62 bits per heavy atom. The van der Waals surface area contributed by atoms with E-state index < -0.39 is 17.9 Å². The van der Waals surface area contributed by atoms with E-state index in [1.165, 1.54) is 0 Å². The molecule has 0 rings (SSSR count). The van der Waals surface area contributed by atoms with Crippen molar-refractivity contribution in [3.05, 3.63) is 0 Å². The molecule has 13 heavy (non-hydrogen) atoms. The van der Waals surface area contributed by atoms with E-state index in [0.29, 0.717) is 6.29 Å². The van der Waals surface area contributed by atoms with Crippen LogP contribution in [-0.4, -0.2) is 41.7 Å². The molecule has 0 aliphatic carbocycles. The summed E-state index contributed by atoms with van der Waals surface area (Å²) in [7, 11) is 0. The van der Waals surface area contributed by atoms with Crippen LogP contribution in [0.4, 0.5) is 0 Å². The van der Waals surface area contributed by atoms with Crippen LogP contribution in [0.3, 0.4) is 0 Å². The van der Waals surface area contributed by atoms with Crippen molar-refractivity contribution in [3.8, 4) is 0 Å². The van der Waals surface area contributed by atoms with Gasteiger partial charge >= 0.3 is 0 Å². The van der Waals surface area contributed by atoms with Gasteiger partial charge < -0.3 is 20.3 Å². The molecule has 3 N–H and O–H groups in total. The van der Waals surface area contributed by atoms with E-state index in [2.05, 4.69) is 5.32 Å². The van der Waals surface area contributed by atoms with E-state index >= 15 is 0 Å². The van der Waals surface area contributed by atoms with Crippen molar-refractivity contribution in [2.75, 3.05) is 13.2 Å². The first-order valence-electron chi connectivity index (χ1n) is 4.13. The molecule has 0 radical (unpaired) electrons. The highest BCUT2D eigenvalue weighted by molar-refractivity contribution is 5.80. The Morgan fingerprint density at radius 2 is 2.23 bits per heavy atom.